The minimum atomic E-state index is -0.0920. The second kappa shape index (κ2) is 7.57. The Labute approximate surface area is 150 Å². The number of nitrogens with one attached hydrogen (secondary N) is 1. The molecule has 0 fully saturated rings. The van der Waals surface area contributed by atoms with Crippen LogP contribution in [0.1, 0.15) is 23.3 Å². The van der Waals surface area contributed by atoms with Crippen molar-refractivity contribution in [3.8, 4) is 5.69 Å². The number of hydrogen-bond donors (Lipinski definition) is 1. The van der Waals surface area contributed by atoms with Gasteiger partial charge in [0.25, 0.3) is 0 Å². The summed E-state index contributed by atoms with van der Waals surface area (Å²) >= 11 is 1.55. The summed E-state index contributed by atoms with van der Waals surface area (Å²) in [5.74, 6) is 1.65. The van der Waals surface area contributed by atoms with Crippen molar-refractivity contribution in [2.24, 2.45) is 0 Å². The fraction of sp³-hybridized carbons (Fsp3) is 0.278. The van der Waals surface area contributed by atoms with Gasteiger partial charge in [0, 0.05) is 30.6 Å². The minimum Gasteiger partial charge on any atom is -0.360 e. The molecule has 2 heterocycles. The second-order valence-electron chi connectivity index (χ2n) is 5.77. The molecule has 0 aliphatic carbocycles. The van der Waals surface area contributed by atoms with Crippen molar-refractivity contribution in [3.63, 3.8) is 0 Å². The summed E-state index contributed by atoms with van der Waals surface area (Å²) in [6.45, 7) is 5.98. The largest absolute Gasteiger partial charge is 0.360 e. The SMILES string of the molecule is Cc1cc(NC(=O)CCSc2nccn2-c2cccc(C)c2C)no1. The fourth-order valence-electron chi connectivity index (χ4n) is 2.44. The third kappa shape index (κ3) is 4.11. The van der Waals surface area contributed by atoms with E-state index in [4.69, 9.17) is 4.52 Å². The van der Waals surface area contributed by atoms with Crippen molar-refractivity contribution in [3.05, 3.63) is 53.5 Å². The lowest BCUT2D eigenvalue weighted by Gasteiger charge is -2.12. The van der Waals surface area contributed by atoms with Crippen molar-refractivity contribution in [1.29, 1.82) is 0 Å². The highest BCUT2D eigenvalue weighted by molar-refractivity contribution is 7.99. The molecule has 6 nitrogen and oxygen atoms in total. The van der Waals surface area contributed by atoms with Crippen molar-refractivity contribution in [2.75, 3.05) is 11.1 Å². The summed E-state index contributed by atoms with van der Waals surface area (Å²) in [4.78, 5) is 16.4. The summed E-state index contributed by atoms with van der Waals surface area (Å²) in [5, 5.41) is 7.35. The monoisotopic (exact) mass is 356 g/mol. The number of thioether (sulfide) groups is 1. The van der Waals surface area contributed by atoms with Crippen LogP contribution in [0.4, 0.5) is 5.82 Å². The van der Waals surface area contributed by atoms with Gasteiger partial charge in [-0.05, 0) is 38.0 Å². The zero-order valence-electron chi connectivity index (χ0n) is 14.4. The number of anilines is 1. The number of benzene rings is 1. The first-order valence-electron chi connectivity index (χ1n) is 8.00. The molecule has 2 aromatic heterocycles. The Bertz CT molecular complexity index is 885. The van der Waals surface area contributed by atoms with Crippen molar-refractivity contribution >= 4 is 23.5 Å². The molecule has 1 N–H and O–H groups in total. The lowest BCUT2D eigenvalue weighted by molar-refractivity contribution is -0.115. The normalized spacial score (nSPS) is 10.8. The summed E-state index contributed by atoms with van der Waals surface area (Å²) in [7, 11) is 0. The molecular formula is C18H20N4O2S. The number of nitrogens with zero attached hydrogens (tertiary/aromatic N) is 3. The van der Waals surface area contributed by atoms with Crippen LogP contribution in [-0.2, 0) is 4.79 Å². The third-order valence-corrected chi connectivity index (χ3v) is 4.87. The zero-order valence-corrected chi connectivity index (χ0v) is 15.3. The summed E-state index contributed by atoms with van der Waals surface area (Å²) in [6, 6.07) is 7.91. The van der Waals surface area contributed by atoms with Gasteiger partial charge in [0.05, 0.1) is 5.69 Å². The molecule has 0 spiro atoms. The Hall–Kier alpha value is -2.54. The maximum absolute atomic E-state index is 12.0. The first-order chi connectivity index (χ1) is 12.0. The molecule has 1 aromatic carbocycles. The summed E-state index contributed by atoms with van der Waals surface area (Å²) in [5.41, 5.74) is 3.58. The quantitative estimate of drug-likeness (QED) is 0.678. The van der Waals surface area contributed by atoms with Gasteiger partial charge in [-0.1, -0.05) is 29.1 Å². The van der Waals surface area contributed by atoms with E-state index in [-0.39, 0.29) is 5.91 Å². The topological polar surface area (TPSA) is 73.0 Å². The molecule has 0 atom stereocenters. The van der Waals surface area contributed by atoms with E-state index >= 15 is 0 Å². The highest BCUT2D eigenvalue weighted by atomic mass is 32.2. The van der Waals surface area contributed by atoms with Gasteiger partial charge in [-0.25, -0.2) is 4.98 Å². The Morgan fingerprint density at radius 1 is 1.32 bits per heavy atom. The van der Waals surface area contributed by atoms with Crippen LogP contribution in [0.5, 0.6) is 0 Å². The van der Waals surface area contributed by atoms with Crippen LogP contribution in [0.3, 0.4) is 0 Å². The van der Waals surface area contributed by atoms with Crippen molar-refractivity contribution in [1.82, 2.24) is 14.7 Å². The number of aryl methyl sites for hydroxylation is 2. The average molecular weight is 356 g/mol. The maximum Gasteiger partial charge on any atom is 0.226 e. The van der Waals surface area contributed by atoms with E-state index in [9.17, 15) is 4.79 Å². The van der Waals surface area contributed by atoms with E-state index in [1.54, 1.807) is 30.9 Å². The summed E-state index contributed by atoms with van der Waals surface area (Å²) < 4.78 is 6.99. The van der Waals surface area contributed by atoms with E-state index in [1.165, 1.54) is 11.1 Å². The summed E-state index contributed by atoms with van der Waals surface area (Å²) in [6.07, 6.45) is 4.10. The molecule has 0 aliphatic rings. The molecule has 3 aromatic rings. The Morgan fingerprint density at radius 2 is 2.16 bits per heavy atom. The van der Waals surface area contributed by atoms with Crippen molar-refractivity contribution < 1.29 is 9.32 Å². The third-order valence-electron chi connectivity index (χ3n) is 3.90. The Kier molecular flexibility index (Phi) is 5.23. The van der Waals surface area contributed by atoms with Crippen LogP contribution in [0.2, 0.25) is 0 Å². The van der Waals surface area contributed by atoms with Gasteiger partial charge in [0.1, 0.15) is 5.76 Å². The van der Waals surface area contributed by atoms with Gasteiger partial charge in [-0.3, -0.25) is 9.36 Å². The highest BCUT2D eigenvalue weighted by Crippen LogP contribution is 2.24. The second-order valence-corrected chi connectivity index (χ2v) is 6.83. The van der Waals surface area contributed by atoms with Crippen molar-refractivity contribution in [2.45, 2.75) is 32.3 Å². The average Bonchev–Trinajstić information content (AvgIpc) is 3.19. The zero-order chi connectivity index (χ0) is 17.8. The van der Waals surface area contributed by atoms with Gasteiger partial charge in [-0.15, -0.1) is 0 Å². The smallest absolute Gasteiger partial charge is 0.226 e. The molecule has 7 heteroatoms. The molecule has 0 saturated carbocycles. The number of aromatic nitrogens is 3. The van der Waals surface area contributed by atoms with E-state index < -0.39 is 0 Å². The highest BCUT2D eigenvalue weighted by Gasteiger charge is 2.11. The van der Waals surface area contributed by atoms with Gasteiger partial charge < -0.3 is 9.84 Å². The van der Waals surface area contributed by atoms with E-state index in [2.05, 4.69) is 46.0 Å². The Morgan fingerprint density at radius 3 is 2.92 bits per heavy atom. The lowest BCUT2D eigenvalue weighted by atomic mass is 10.1. The van der Waals surface area contributed by atoms with Crippen LogP contribution in [0.25, 0.3) is 5.69 Å². The molecular weight excluding hydrogens is 336 g/mol. The van der Waals surface area contributed by atoms with Crippen LogP contribution < -0.4 is 5.32 Å². The van der Waals surface area contributed by atoms with Crippen LogP contribution in [0, 0.1) is 20.8 Å². The number of hydrogen-bond acceptors (Lipinski definition) is 5. The molecule has 25 heavy (non-hydrogen) atoms. The van der Waals surface area contributed by atoms with Crippen LogP contribution in [0.15, 0.2) is 46.3 Å². The number of carbonyl (C=O) groups excluding carboxylic acids is 1. The molecule has 0 radical (unpaired) electrons. The number of amides is 1. The molecule has 0 aliphatic heterocycles. The Balaban J connectivity index is 1.60. The minimum absolute atomic E-state index is 0.0920. The molecule has 0 unspecified atom stereocenters. The molecule has 1 amide bonds. The lowest BCUT2D eigenvalue weighted by Crippen LogP contribution is -2.12. The van der Waals surface area contributed by atoms with Gasteiger partial charge in [-0.2, -0.15) is 0 Å². The molecule has 3 rings (SSSR count). The first-order valence-corrected chi connectivity index (χ1v) is 8.99. The van der Waals surface area contributed by atoms with Gasteiger partial charge in [0.15, 0.2) is 11.0 Å². The molecule has 0 bridgehead atoms. The maximum atomic E-state index is 12.0. The number of rotatable bonds is 6. The fourth-order valence-corrected chi connectivity index (χ4v) is 3.35. The van der Waals surface area contributed by atoms with Gasteiger partial charge in [0.2, 0.25) is 5.91 Å². The van der Waals surface area contributed by atoms with Gasteiger partial charge >= 0.3 is 0 Å². The van der Waals surface area contributed by atoms with E-state index in [0.717, 1.165) is 10.8 Å². The van der Waals surface area contributed by atoms with E-state index in [1.807, 2.05) is 12.3 Å². The van der Waals surface area contributed by atoms with Crippen LogP contribution >= 0.6 is 11.8 Å². The molecule has 0 saturated heterocycles. The number of imidazole rings is 1. The first kappa shape index (κ1) is 17.3. The van der Waals surface area contributed by atoms with Crippen LogP contribution in [-0.4, -0.2) is 26.4 Å². The number of carbonyl (C=O) groups is 1. The predicted octanol–water partition coefficient (Wildman–Crippen LogP) is 3.91. The predicted molar refractivity (Wildman–Crippen MR) is 98.2 cm³/mol. The standard InChI is InChI=1S/C18H20N4O2S/c1-12-5-4-6-15(14(12)3)22-9-8-19-18(22)25-10-7-17(23)20-16-11-13(2)24-21-16/h4-6,8-9,11H,7,10H2,1-3H3,(H,20,21,23). The van der Waals surface area contributed by atoms with E-state index in [0.29, 0.717) is 23.8 Å². The molecule has 130 valence electrons.